The number of nitro benzene ring substituents is 1. The van der Waals surface area contributed by atoms with Gasteiger partial charge in [0, 0.05) is 12.1 Å². The van der Waals surface area contributed by atoms with Crippen molar-refractivity contribution in [2.45, 2.75) is 6.42 Å². The van der Waals surface area contributed by atoms with Gasteiger partial charge in [0.15, 0.2) is 0 Å². The second-order valence-corrected chi connectivity index (χ2v) is 2.73. The van der Waals surface area contributed by atoms with Crippen molar-refractivity contribution < 1.29 is 14.8 Å². The molecule has 7 heteroatoms. The van der Waals surface area contributed by atoms with Crippen LogP contribution in [0.4, 0.5) is 5.69 Å². The summed E-state index contributed by atoms with van der Waals surface area (Å²) in [7, 11) is 0. The summed E-state index contributed by atoms with van der Waals surface area (Å²) in [5.41, 5.74) is 0.747. The van der Waals surface area contributed by atoms with Crippen LogP contribution >= 0.6 is 0 Å². The number of rotatable bonds is 5. The fourth-order valence-corrected chi connectivity index (χ4v) is 1.02. The molecule has 0 atom stereocenters. The highest BCUT2D eigenvalue weighted by Gasteiger charge is 2.04. The topological polar surface area (TPSA) is 95.5 Å². The van der Waals surface area contributed by atoms with Crippen LogP contribution in [0.15, 0.2) is 24.3 Å². The minimum absolute atomic E-state index is 0.00561. The van der Waals surface area contributed by atoms with Gasteiger partial charge >= 0.3 is 0 Å². The Kier molecular flexibility index (Phi) is 3.55. The zero-order chi connectivity index (χ0) is 11.3. The average Bonchev–Trinajstić information content (AvgIpc) is 2.18. The van der Waals surface area contributed by atoms with Crippen molar-refractivity contribution in [1.29, 1.82) is 0 Å². The third kappa shape index (κ3) is 3.59. The zero-order valence-corrected chi connectivity index (χ0v) is 7.66. The van der Waals surface area contributed by atoms with Gasteiger partial charge in [-0.2, -0.15) is 0 Å². The van der Waals surface area contributed by atoms with E-state index in [4.69, 9.17) is 0 Å². The molecule has 0 saturated heterocycles. The fourth-order valence-electron chi connectivity index (χ4n) is 1.02. The van der Waals surface area contributed by atoms with Gasteiger partial charge < -0.3 is 4.84 Å². The molecule has 0 fully saturated rings. The van der Waals surface area contributed by atoms with Crippen LogP contribution in [0, 0.1) is 20.2 Å². The van der Waals surface area contributed by atoms with E-state index < -0.39 is 10.0 Å². The normalized spacial score (nSPS) is 9.60. The second-order valence-electron chi connectivity index (χ2n) is 2.73. The lowest BCUT2D eigenvalue weighted by Crippen LogP contribution is -2.04. The lowest BCUT2D eigenvalue weighted by atomic mass is 10.1. The van der Waals surface area contributed by atoms with Crippen LogP contribution in [0.25, 0.3) is 0 Å². The highest BCUT2D eigenvalue weighted by molar-refractivity contribution is 5.32. The molecule has 80 valence electrons. The fraction of sp³-hybridized carbons (Fsp3) is 0.250. The summed E-state index contributed by atoms with van der Waals surface area (Å²) < 4.78 is 0. The van der Waals surface area contributed by atoms with Crippen LogP contribution in [0.2, 0.25) is 0 Å². The van der Waals surface area contributed by atoms with Gasteiger partial charge in [-0.1, -0.05) is 12.1 Å². The third-order valence-electron chi connectivity index (χ3n) is 1.73. The summed E-state index contributed by atoms with van der Waals surface area (Å²) in [4.78, 5) is 23.7. The maximum Gasteiger partial charge on any atom is 0.294 e. The summed E-state index contributed by atoms with van der Waals surface area (Å²) in [5.74, 6) is 0. The van der Waals surface area contributed by atoms with Crippen molar-refractivity contribution in [3.63, 3.8) is 0 Å². The van der Waals surface area contributed by atoms with Crippen molar-refractivity contribution in [3.8, 4) is 0 Å². The molecular formula is C8H8N2O5. The summed E-state index contributed by atoms with van der Waals surface area (Å²) >= 11 is 0. The molecule has 0 aliphatic rings. The standard InChI is InChI=1S/C8H8N2O5/c11-9(12)8-3-1-7(2-4-8)5-6-15-10(13)14/h1-4H,5-6H2. The highest BCUT2D eigenvalue weighted by atomic mass is 16.9. The quantitative estimate of drug-likeness (QED) is 0.542. The van der Waals surface area contributed by atoms with E-state index >= 15 is 0 Å². The number of nitro groups is 1. The van der Waals surface area contributed by atoms with Crippen molar-refractivity contribution >= 4 is 5.69 Å². The van der Waals surface area contributed by atoms with Gasteiger partial charge in [0.05, 0.1) is 4.92 Å². The number of non-ortho nitro benzene ring substituents is 1. The number of benzene rings is 1. The summed E-state index contributed by atoms with van der Waals surface area (Å²) in [6, 6.07) is 5.78. The first-order valence-corrected chi connectivity index (χ1v) is 4.10. The second kappa shape index (κ2) is 4.89. The molecule has 0 amide bonds. The summed E-state index contributed by atoms with van der Waals surface area (Å²) in [6.07, 6.45) is 0.346. The Morgan fingerprint density at radius 2 is 1.73 bits per heavy atom. The Morgan fingerprint density at radius 3 is 2.20 bits per heavy atom. The van der Waals surface area contributed by atoms with Crippen LogP contribution in [-0.2, 0) is 11.3 Å². The minimum atomic E-state index is -0.870. The first-order chi connectivity index (χ1) is 7.09. The molecule has 0 bridgehead atoms. The Hall–Kier alpha value is -2.18. The van der Waals surface area contributed by atoms with Crippen molar-refractivity contribution in [1.82, 2.24) is 0 Å². The van der Waals surface area contributed by atoms with E-state index in [1.165, 1.54) is 12.1 Å². The Balaban J connectivity index is 2.50. The number of hydrogen-bond acceptors (Lipinski definition) is 5. The van der Waals surface area contributed by atoms with E-state index in [9.17, 15) is 20.2 Å². The Labute approximate surface area is 84.5 Å². The van der Waals surface area contributed by atoms with Gasteiger partial charge in [-0.3, -0.25) is 10.1 Å². The zero-order valence-electron chi connectivity index (χ0n) is 7.66. The van der Waals surface area contributed by atoms with E-state index in [-0.39, 0.29) is 12.3 Å². The Morgan fingerprint density at radius 1 is 1.13 bits per heavy atom. The molecule has 0 spiro atoms. The molecule has 0 radical (unpaired) electrons. The van der Waals surface area contributed by atoms with Crippen LogP contribution in [-0.4, -0.2) is 16.6 Å². The largest absolute Gasteiger partial charge is 0.314 e. The van der Waals surface area contributed by atoms with Gasteiger partial charge in [-0.15, -0.1) is 10.1 Å². The Bertz CT molecular complexity index is 362. The van der Waals surface area contributed by atoms with Crippen molar-refractivity contribution in [3.05, 3.63) is 50.1 Å². The lowest BCUT2D eigenvalue weighted by Gasteiger charge is -1.99. The molecule has 1 aromatic carbocycles. The molecule has 0 N–H and O–H groups in total. The smallest absolute Gasteiger partial charge is 0.294 e. The highest BCUT2D eigenvalue weighted by Crippen LogP contribution is 2.12. The van der Waals surface area contributed by atoms with E-state index in [0.29, 0.717) is 6.42 Å². The lowest BCUT2D eigenvalue weighted by molar-refractivity contribution is -0.757. The van der Waals surface area contributed by atoms with Crippen LogP contribution < -0.4 is 0 Å². The summed E-state index contributed by atoms with van der Waals surface area (Å²) in [6.45, 7) is -0.0508. The monoisotopic (exact) mass is 212 g/mol. The maximum absolute atomic E-state index is 10.3. The third-order valence-corrected chi connectivity index (χ3v) is 1.73. The molecule has 0 heterocycles. The van der Waals surface area contributed by atoms with Gasteiger partial charge in [0.1, 0.15) is 6.61 Å². The molecule has 0 aliphatic heterocycles. The number of nitrogens with zero attached hydrogens (tertiary/aromatic N) is 2. The predicted octanol–water partition coefficient (Wildman–Crippen LogP) is 1.35. The number of hydrogen-bond donors (Lipinski definition) is 0. The van der Waals surface area contributed by atoms with Crippen molar-refractivity contribution in [2.75, 3.05) is 6.61 Å². The SMILES string of the molecule is O=[N+]([O-])OCCc1ccc([N+](=O)[O-])cc1. The van der Waals surface area contributed by atoms with E-state index in [1.54, 1.807) is 12.1 Å². The molecule has 0 aliphatic carbocycles. The molecule has 0 aromatic heterocycles. The van der Waals surface area contributed by atoms with E-state index in [2.05, 4.69) is 4.84 Å². The van der Waals surface area contributed by atoms with Gasteiger partial charge in [-0.05, 0) is 12.0 Å². The first-order valence-electron chi connectivity index (χ1n) is 4.10. The molecule has 0 saturated carbocycles. The molecule has 1 rings (SSSR count). The van der Waals surface area contributed by atoms with Gasteiger partial charge in [0.2, 0.25) is 0 Å². The maximum atomic E-state index is 10.3. The molecular weight excluding hydrogens is 204 g/mol. The predicted molar refractivity (Wildman–Crippen MR) is 49.7 cm³/mol. The minimum Gasteiger partial charge on any atom is -0.314 e. The van der Waals surface area contributed by atoms with Crippen LogP contribution in [0.1, 0.15) is 5.56 Å². The van der Waals surface area contributed by atoms with Gasteiger partial charge in [-0.25, -0.2) is 0 Å². The van der Waals surface area contributed by atoms with E-state index in [0.717, 1.165) is 5.56 Å². The average molecular weight is 212 g/mol. The molecule has 0 unspecified atom stereocenters. The van der Waals surface area contributed by atoms with E-state index in [1.807, 2.05) is 0 Å². The molecule has 15 heavy (non-hydrogen) atoms. The molecule has 1 aromatic rings. The van der Waals surface area contributed by atoms with Crippen molar-refractivity contribution in [2.24, 2.45) is 0 Å². The van der Waals surface area contributed by atoms with Crippen LogP contribution in [0.5, 0.6) is 0 Å². The van der Waals surface area contributed by atoms with Gasteiger partial charge in [0.25, 0.3) is 10.8 Å². The summed E-state index contributed by atoms with van der Waals surface area (Å²) in [5, 5.41) is 19.3. The van der Waals surface area contributed by atoms with Crippen LogP contribution in [0.3, 0.4) is 0 Å². The molecule has 7 nitrogen and oxygen atoms in total. The first kappa shape index (κ1) is 10.9.